The van der Waals surface area contributed by atoms with E-state index in [2.05, 4.69) is 5.32 Å². The van der Waals surface area contributed by atoms with Crippen molar-refractivity contribution in [2.45, 2.75) is 32.3 Å². The van der Waals surface area contributed by atoms with Crippen molar-refractivity contribution in [3.05, 3.63) is 28.2 Å². The monoisotopic (exact) mass is 319 g/mol. The van der Waals surface area contributed by atoms with E-state index in [1.54, 1.807) is 18.2 Å². The number of hydrogen-bond donors (Lipinski definition) is 2. The molecule has 1 aromatic rings. The van der Waals surface area contributed by atoms with E-state index in [1.165, 1.54) is 0 Å². The van der Waals surface area contributed by atoms with Gasteiger partial charge in [-0.05, 0) is 25.0 Å². The summed E-state index contributed by atoms with van der Waals surface area (Å²) in [5.74, 6) is 0.173. The van der Waals surface area contributed by atoms with Crippen molar-refractivity contribution in [2.24, 2.45) is 0 Å². The van der Waals surface area contributed by atoms with E-state index < -0.39 is 5.60 Å². The minimum Gasteiger partial charge on any atom is -0.484 e. The molecule has 0 bridgehead atoms. The largest absolute Gasteiger partial charge is 0.484 e. The number of halogens is 2. The van der Waals surface area contributed by atoms with Crippen LogP contribution in [0.3, 0.4) is 0 Å². The molecule has 0 spiro atoms. The van der Waals surface area contributed by atoms with Crippen LogP contribution < -0.4 is 10.1 Å². The molecule has 1 rings (SSSR count). The summed E-state index contributed by atoms with van der Waals surface area (Å²) in [5, 5.41) is 13.5. The van der Waals surface area contributed by atoms with Gasteiger partial charge in [0.2, 0.25) is 0 Å². The highest BCUT2D eigenvalue weighted by molar-refractivity contribution is 6.42. The molecule has 1 amide bonds. The zero-order valence-corrected chi connectivity index (χ0v) is 13.1. The molecular weight excluding hydrogens is 301 g/mol. The van der Waals surface area contributed by atoms with E-state index in [9.17, 15) is 9.90 Å². The summed E-state index contributed by atoms with van der Waals surface area (Å²) in [7, 11) is 0. The maximum atomic E-state index is 11.6. The highest BCUT2D eigenvalue weighted by Crippen LogP contribution is 2.26. The number of hydrogen-bond acceptors (Lipinski definition) is 3. The van der Waals surface area contributed by atoms with Crippen molar-refractivity contribution in [3.63, 3.8) is 0 Å². The summed E-state index contributed by atoms with van der Waals surface area (Å²) in [6.45, 7) is 3.83. The topological polar surface area (TPSA) is 58.6 Å². The lowest BCUT2D eigenvalue weighted by Crippen LogP contribution is -2.43. The van der Waals surface area contributed by atoms with Gasteiger partial charge in [-0.3, -0.25) is 4.79 Å². The fraction of sp³-hybridized carbons (Fsp3) is 0.500. The first kappa shape index (κ1) is 17.1. The number of rotatable bonds is 7. The molecule has 4 nitrogen and oxygen atoms in total. The Labute approximate surface area is 129 Å². The standard InChI is InChI=1S/C14H19Cl2NO3/c1-3-14(19,4-2)9-17-13(18)8-20-10-5-6-11(15)12(16)7-10/h5-7,19H,3-4,8-9H2,1-2H3,(H,17,18). The van der Waals surface area contributed by atoms with Crippen molar-refractivity contribution in [2.75, 3.05) is 13.2 Å². The summed E-state index contributed by atoms with van der Waals surface area (Å²) >= 11 is 11.6. The Balaban J connectivity index is 2.42. The van der Waals surface area contributed by atoms with Crippen LogP contribution in [0.4, 0.5) is 0 Å². The van der Waals surface area contributed by atoms with E-state index in [0.29, 0.717) is 28.6 Å². The minimum atomic E-state index is -0.862. The van der Waals surface area contributed by atoms with Crippen LogP contribution in [-0.4, -0.2) is 29.8 Å². The van der Waals surface area contributed by atoms with Gasteiger partial charge in [0, 0.05) is 12.6 Å². The number of ether oxygens (including phenoxy) is 1. The van der Waals surface area contributed by atoms with Crippen LogP contribution >= 0.6 is 23.2 Å². The molecule has 6 heteroatoms. The van der Waals surface area contributed by atoms with Crippen LogP contribution in [0, 0.1) is 0 Å². The first-order valence-corrected chi connectivity index (χ1v) is 7.22. The zero-order valence-electron chi connectivity index (χ0n) is 11.6. The molecule has 0 unspecified atom stereocenters. The SMILES string of the molecule is CCC(O)(CC)CNC(=O)COc1ccc(Cl)c(Cl)c1. The van der Waals surface area contributed by atoms with E-state index in [0.717, 1.165) is 0 Å². The molecule has 0 aliphatic heterocycles. The molecule has 0 aliphatic rings. The summed E-state index contributed by atoms with van der Waals surface area (Å²) in [5.41, 5.74) is -0.862. The van der Waals surface area contributed by atoms with E-state index in [-0.39, 0.29) is 19.1 Å². The summed E-state index contributed by atoms with van der Waals surface area (Å²) in [6.07, 6.45) is 1.16. The summed E-state index contributed by atoms with van der Waals surface area (Å²) in [4.78, 5) is 11.6. The number of amides is 1. The van der Waals surface area contributed by atoms with Crippen molar-refractivity contribution < 1.29 is 14.6 Å². The molecule has 20 heavy (non-hydrogen) atoms. The molecule has 0 aromatic heterocycles. The normalized spacial score (nSPS) is 11.2. The van der Waals surface area contributed by atoms with E-state index in [4.69, 9.17) is 27.9 Å². The van der Waals surface area contributed by atoms with Crippen LogP contribution in [0.5, 0.6) is 5.75 Å². The van der Waals surface area contributed by atoms with E-state index in [1.807, 2.05) is 13.8 Å². The van der Waals surface area contributed by atoms with Gasteiger partial charge in [-0.15, -0.1) is 0 Å². The molecular formula is C14H19Cl2NO3. The van der Waals surface area contributed by atoms with Gasteiger partial charge in [-0.2, -0.15) is 0 Å². The third kappa shape index (κ3) is 5.19. The van der Waals surface area contributed by atoms with Crippen LogP contribution in [0.1, 0.15) is 26.7 Å². The third-order valence-corrected chi connectivity index (χ3v) is 3.93. The second kappa shape index (κ2) is 7.72. The minimum absolute atomic E-state index is 0.137. The van der Waals surface area contributed by atoms with Crippen LogP contribution in [0.25, 0.3) is 0 Å². The van der Waals surface area contributed by atoms with Gasteiger partial charge in [-0.1, -0.05) is 37.0 Å². The van der Waals surface area contributed by atoms with Gasteiger partial charge in [0.15, 0.2) is 6.61 Å². The lowest BCUT2D eigenvalue weighted by Gasteiger charge is -2.25. The Hall–Kier alpha value is -0.970. The highest BCUT2D eigenvalue weighted by Gasteiger charge is 2.22. The summed E-state index contributed by atoms with van der Waals surface area (Å²) < 4.78 is 5.30. The van der Waals surface area contributed by atoms with Gasteiger partial charge < -0.3 is 15.2 Å². The molecule has 2 N–H and O–H groups in total. The smallest absolute Gasteiger partial charge is 0.258 e. The molecule has 0 saturated carbocycles. The fourth-order valence-electron chi connectivity index (χ4n) is 1.53. The average molecular weight is 320 g/mol. The molecule has 0 heterocycles. The van der Waals surface area contributed by atoms with Crippen LogP contribution in [0.2, 0.25) is 10.0 Å². The predicted molar refractivity (Wildman–Crippen MR) is 80.5 cm³/mol. The molecule has 0 atom stereocenters. The number of aliphatic hydroxyl groups is 1. The molecule has 112 valence electrons. The maximum absolute atomic E-state index is 11.6. The van der Waals surface area contributed by atoms with Crippen LogP contribution in [0.15, 0.2) is 18.2 Å². The van der Waals surface area contributed by atoms with Gasteiger partial charge in [0.05, 0.1) is 15.6 Å². The maximum Gasteiger partial charge on any atom is 0.258 e. The Morgan fingerprint density at radius 1 is 1.30 bits per heavy atom. The lowest BCUT2D eigenvalue weighted by atomic mass is 9.98. The van der Waals surface area contributed by atoms with Gasteiger partial charge in [0.1, 0.15) is 5.75 Å². The Morgan fingerprint density at radius 2 is 1.95 bits per heavy atom. The van der Waals surface area contributed by atoms with Crippen LogP contribution in [-0.2, 0) is 4.79 Å². The third-order valence-electron chi connectivity index (χ3n) is 3.19. The average Bonchev–Trinajstić information content (AvgIpc) is 2.46. The predicted octanol–water partition coefficient (Wildman–Crippen LogP) is 3.04. The second-order valence-corrected chi connectivity index (χ2v) is 5.39. The lowest BCUT2D eigenvalue weighted by molar-refractivity contribution is -0.124. The number of benzene rings is 1. The Kier molecular flexibility index (Phi) is 6.59. The van der Waals surface area contributed by atoms with E-state index >= 15 is 0 Å². The van der Waals surface area contributed by atoms with Crippen molar-refractivity contribution in [1.29, 1.82) is 0 Å². The van der Waals surface area contributed by atoms with Gasteiger partial charge in [0.25, 0.3) is 5.91 Å². The molecule has 0 radical (unpaired) electrons. The summed E-state index contributed by atoms with van der Waals surface area (Å²) in [6, 6.07) is 4.78. The fourth-order valence-corrected chi connectivity index (χ4v) is 1.82. The first-order valence-electron chi connectivity index (χ1n) is 6.47. The number of carbonyl (C=O) groups is 1. The number of carbonyl (C=O) groups excluding carboxylic acids is 1. The molecule has 0 saturated heterocycles. The zero-order chi connectivity index (χ0) is 15.2. The van der Waals surface area contributed by atoms with Gasteiger partial charge in [-0.25, -0.2) is 0 Å². The number of nitrogens with one attached hydrogen (secondary N) is 1. The Bertz CT molecular complexity index is 462. The molecule has 1 aromatic carbocycles. The van der Waals surface area contributed by atoms with Gasteiger partial charge >= 0.3 is 0 Å². The molecule has 0 aliphatic carbocycles. The first-order chi connectivity index (χ1) is 9.40. The quantitative estimate of drug-likeness (QED) is 0.812. The Morgan fingerprint density at radius 3 is 2.50 bits per heavy atom. The van der Waals surface area contributed by atoms with Crippen molar-refractivity contribution >= 4 is 29.1 Å². The molecule has 0 fully saturated rings. The van der Waals surface area contributed by atoms with Crippen molar-refractivity contribution in [1.82, 2.24) is 5.32 Å². The van der Waals surface area contributed by atoms with Crippen molar-refractivity contribution in [3.8, 4) is 5.75 Å². The highest BCUT2D eigenvalue weighted by atomic mass is 35.5. The second-order valence-electron chi connectivity index (χ2n) is 4.57.